The first-order chi connectivity index (χ1) is 20.9. The summed E-state index contributed by atoms with van der Waals surface area (Å²) in [6.45, 7) is 2.87. The predicted molar refractivity (Wildman–Crippen MR) is 171 cm³/mol. The summed E-state index contributed by atoms with van der Waals surface area (Å²) in [6, 6.07) is 30.9. The SMILES string of the molecule is COc1cccc([C@H]2OC(c3ccc(OCCCO)cc3)=N[C@@]2(Cc2ccccc2Br)C(=O)NCc2cccc(C)c2)c1. The van der Waals surface area contributed by atoms with E-state index in [0.29, 0.717) is 43.4 Å². The molecule has 0 spiro atoms. The second-order valence-electron chi connectivity index (χ2n) is 10.5. The molecular weight excluding hydrogens is 608 g/mol. The molecule has 2 N–H and O–H groups in total. The number of nitrogens with one attached hydrogen (secondary N) is 1. The average molecular weight is 644 g/mol. The molecule has 43 heavy (non-hydrogen) atoms. The van der Waals surface area contributed by atoms with E-state index in [-0.39, 0.29) is 12.5 Å². The molecule has 2 atom stereocenters. The van der Waals surface area contributed by atoms with Crippen LogP contribution in [0, 0.1) is 6.92 Å². The van der Waals surface area contributed by atoms with E-state index in [0.717, 1.165) is 32.3 Å². The lowest BCUT2D eigenvalue weighted by atomic mass is 9.82. The third-order valence-corrected chi connectivity index (χ3v) is 8.15. The fourth-order valence-electron chi connectivity index (χ4n) is 5.18. The third-order valence-electron chi connectivity index (χ3n) is 7.38. The number of methoxy groups -OCH3 is 1. The zero-order valence-corrected chi connectivity index (χ0v) is 25.8. The van der Waals surface area contributed by atoms with E-state index in [1.807, 2.05) is 97.9 Å². The van der Waals surface area contributed by atoms with Crippen LogP contribution in [0.25, 0.3) is 0 Å². The number of ether oxygens (including phenoxy) is 3. The smallest absolute Gasteiger partial charge is 0.252 e. The molecule has 8 heteroatoms. The number of aliphatic imine (C=N–C) groups is 1. The van der Waals surface area contributed by atoms with Crippen LogP contribution in [0.15, 0.2) is 107 Å². The van der Waals surface area contributed by atoms with Gasteiger partial charge in [-0.05, 0) is 66.1 Å². The van der Waals surface area contributed by atoms with E-state index >= 15 is 0 Å². The number of nitrogens with zero attached hydrogens (tertiary/aromatic N) is 1. The summed E-state index contributed by atoms with van der Waals surface area (Å²) in [7, 11) is 1.61. The normalized spacial score (nSPS) is 17.6. The summed E-state index contributed by atoms with van der Waals surface area (Å²) in [5, 5.41) is 12.2. The molecule has 0 radical (unpaired) electrons. The highest BCUT2D eigenvalue weighted by molar-refractivity contribution is 9.10. The Morgan fingerprint density at radius 3 is 2.53 bits per heavy atom. The molecule has 222 valence electrons. The predicted octanol–water partition coefficient (Wildman–Crippen LogP) is 6.34. The number of carbonyl (C=O) groups excluding carboxylic acids is 1. The molecule has 0 unspecified atom stereocenters. The minimum Gasteiger partial charge on any atom is -0.497 e. The van der Waals surface area contributed by atoms with Crippen LogP contribution in [-0.2, 0) is 22.5 Å². The van der Waals surface area contributed by atoms with Crippen LogP contribution in [0.5, 0.6) is 11.5 Å². The van der Waals surface area contributed by atoms with Crippen LogP contribution in [0.2, 0.25) is 0 Å². The second-order valence-corrected chi connectivity index (χ2v) is 11.4. The maximum absolute atomic E-state index is 14.5. The first kappa shape index (κ1) is 30.3. The summed E-state index contributed by atoms with van der Waals surface area (Å²) in [6.07, 6.45) is 0.110. The number of aliphatic hydroxyl groups is 1. The Balaban J connectivity index is 1.58. The first-order valence-electron chi connectivity index (χ1n) is 14.2. The van der Waals surface area contributed by atoms with Gasteiger partial charge in [-0.15, -0.1) is 0 Å². The highest BCUT2D eigenvalue weighted by Gasteiger charge is 2.53. The maximum Gasteiger partial charge on any atom is 0.252 e. The molecule has 0 aromatic heterocycles. The maximum atomic E-state index is 14.5. The van der Waals surface area contributed by atoms with Crippen LogP contribution in [0.3, 0.4) is 0 Å². The Morgan fingerprint density at radius 2 is 1.79 bits per heavy atom. The van der Waals surface area contributed by atoms with Crippen LogP contribution >= 0.6 is 15.9 Å². The van der Waals surface area contributed by atoms with E-state index in [2.05, 4.69) is 27.3 Å². The van der Waals surface area contributed by atoms with Gasteiger partial charge in [-0.3, -0.25) is 4.79 Å². The lowest BCUT2D eigenvalue weighted by Crippen LogP contribution is -2.49. The van der Waals surface area contributed by atoms with Crippen molar-refractivity contribution in [2.45, 2.75) is 38.0 Å². The van der Waals surface area contributed by atoms with E-state index in [9.17, 15) is 4.79 Å². The number of benzene rings is 4. The molecule has 1 amide bonds. The van der Waals surface area contributed by atoms with Gasteiger partial charge >= 0.3 is 0 Å². The highest BCUT2D eigenvalue weighted by Crippen LogP contribution is 2.44. The largest absolute Gasteiger partial charge is 0.497 e. The number of hydrogen-bond acceptors (Lipinski definition) is 6. The molecule has 1 aliphatic heterocycles. The van der Waals surface area contributed by atoms with Crippen molar-refractivity contribution in [3.8, 4) is 11.5 Å². The molecular formula is C35H35BrN2O5. The van der Waals surface area contributed by atoms with E-state index in [1.54, 1.807) is 7.11 Å². The van der Waals surface area contributed by atoms with E-state index in [4.69, 9.17) is 24.3 Å². The Bertz CT molecular complexity index is 1590. The van der Waals surface area contributed by atoms with Crippen LogP contribution < -0.4 is 14.8 Å². The fraction of sp³-hybridized carbons (Fsp3) is 0.257. The number of carbonyl (C=O) groups is 1. The standard InChI is InChI=1S/C35H35BrN2O5/c1-24-8-5-9-25(20-24)23-37-34(40)35(22-28-10-3-4-13-31(28)36)32(27-11-6-12-30(21-27)41-2)43-33(38-35)26-14-16-29(17-15-26)42-19-7-18-39/h3-6,8-17,20-21,32,39H,7,18-19,22-23H2,1-2H3,(H,37,40)/t32-,35-/m1/s1. The van der Waals surface area contributed by atoms with Crippen molar-refractivity contribution < 1.29 is 24.1 Å². The first-order valence-corrected chi connectivity index (χ1v) is 15.0. The number of halogens is 1. The van der Waals surface area contributed by atoms with Gasteiger partial charge in [0.1, 0.15) is 11.5 Å². The van der Waals surface area contributed by atoms with Crippen molar-refractivity contribution >= 4 is 27.7 Å². The zero-order valence-electron chi connectivity index (χ0n) is 24.3. The quantitative estimate of drug-likeness (QED) is 0.176. The molecule has 1 aliphatic rings. The molecule has 4 aromatic carbocycles. The van der Waals surface area contributed by atoms with Gasteiger partial charge in [0.25, 0.3) is 5.91 Å². The Kier molecular flexibility index (Phi) is 9.79. The second kappa shape index (κ2) is 13.9. The van der Waals surface area contributed by atoms with Crippen molar-refractivity contribution in [1.29, 1.82) is 0 Å². The molecule has 0 bridgehead atoms. The Labute approximate surface area is 260 Å². The van der Waals surface area contributed by atoms with Gasteiger partial charge in [0.05, 0.1) is 13.7 Å². The summed E-state index contributed by atoms with van der Waals surface area (Å²) in [4.78, 5) is 19.6. The number of hydrogen-bond donors (Lipinski definition) is 2. The van der Waals surface area contributed by atoms with Crippen molar-refractivity contribution in [1.82, 2.24) is 5.32 Å². The lowest BCUT2D eigenvalue weighted by Gasteiger charge is -2.31. The number of aliphatic hydroxyl groups excluding tert-OH is 1. The van der Waals surface area contributed by atoms with E-state index in [1.165, 1.54) is 0 Å². The van der Waals surface area contributed by atoms with Gasteiger partial charge in [0.2, 0.25) is 5.90 Å². The number of amides is 1. The molecule has 0 aliphatic carbocycles. The van der Waals surface area contributed by atoms with Gasteiger partial charge in [-0.25, -0.2) is 4.99 Å². The lowest BCUT2D eigenvalue weighted by molar-refractivity contribution is -0.129. The van der Waals surface area contributed by atoms with Crippen molar-refractivity contribution in [3.63, 3.8) is 0 Å². The minimum absolute atomic E-state index is 0.0694. The summed E-state index contributed by atoms with van der Waals surface area (Å²) < 4.78 is 18.8. The highest BCUT2D eigenvalue weighted by atomic mass is 79.9. The van der Waals surface area contributed by atoms with Crippen LogP contribution in [0.1, 0.15) is 40.3 Å². The average Bonchev–Trinajstić information content (AvgIpc) is 3.42. The van der Waals surface area contributed by atoms with Gasteiger partial charge in [0, 0.05) is 36.0 Å². The molecule has 4 aromatic rings. The molecule has 1 heterocycles. The molecule has 0 saturated heterocycles. The monoisotopic (exact) mass is 642 g/mol. The molecule has 0 saturated carbocycles. The Morgan fingerprint density at radius 1 is 1.00 bits per heavy atom. The molecule has 5 rings (SSSR count). The van der Waals surface area contributed by atoms with Gasteiger partial charge in [-0.2, -0.15) is 0 Å². The minimum atomic E-state index is -1.33. The summed E-state index contributed by atoms with van der Waals surface area (Å²) >= 11 is 3.68. The van der Waals surface area contributed by atoms with Crippen molar-refractivity contribution in [2.24, 2.45) is 4.99 Å². The number of rotatable bonds is 12. The molecule has 0 fully saturated rings. The van der Waals surface area contributed by atoms with Gasteiger partial charge in [0.15, 0.2) is 11.6 Å². The van der Waals surface area contributed by atoms with Crippen molar-refractivity contribution in [3.05, 3.63) is 129 Å². The van der Waals surface area contributed by atoms with E-state index < -0.39 is 11.6 Å². The van der Waals surface area contributed by atoms with Crippen molar-refractivity contribution in [2.75, 3.05) is 20.3 Å². The fourth-order valence-corrected chi connectivity index (χ4v) is 5.60. The zero-order chi connectivity index (χ0) is 30.2. The van der Waals surface area contributed by atoms with Gasteiger partial charge in [-0.1, -0.05) is 76.1 Å². The Hall–Kier alpha value is -4.14. The third kappa shape index (κ3) is 7.09. The van der Waals surface area contributed by atoms with Gasteiger partial charge < -0.3 is 24.6 Å². The molecule has 7 nitrogen and oxygen atoms in total. The number of aryl methyl sites for hydroxylation is 1. The van der Waals surface area contributed by atoms with Crippen LogP contribution in [0.4, 0.5) is 0 Å². The summed E-state index contributed by atoms with van der Waals surface area (Å²) in [5.74, 6) is 1.47. The summed E-state index contributed by atoms with van der Waals surface area (Å²) in [5.41, 5.74) is 3.23. The van der Waals surface area contributed by atoms with Crippen LogP contribution in [-0.4, -0.2) is 42.8 Å². The topological polar surface area (TPSA) is 89.4 Å².